The van der Waals surface area contributed by atoms with E-state index in [1.54, 1.807) is 30.4 Å². The molecule has 0 bridgehead atoms. The second-order valence-electron chi connectivity index (χ2n) is 4.98. The number of allylic oxidation sites excluding steroid dienone is 3. The van der Waals surface area contributed by atoms with Gasteiger partial charge in [-0.25, -0.2) is 0 Å². The Morgan fingerprint density at radius 2 is 2.13 bits per heavy atom. The van der Waals surface area contributed by atoms with Crippen molar-refractivity contribution in [1.82, 2.24) is 5.32 Å². The molecule has 1 atom stereocenters. The summed E-state index contributed by atoms with van der Waals surface area (Å²) in [6.45, 7) is 0.259. The van der Waals surface area contributed by atoms with Crippen LogP contribution in [0.2, 0.25) is 5.02 Å². The number of halogens is 2. The van der Waals surface area contributed by atoms with Gasteiger partial charge in [-0.05, 0) is 17.7 Å². The number of nitrogens with one attached hydrogen (secondary N) is 1. The van der Waals surface area contributed by atoms with Crippen molar-refractivity contribution in [3.63, 3.8) is 0 Å². The Morgan fingerprint density at radius 3 is 2.91 bits per heavy atom. The van der Waals surface area contributed by atoms with Crippen LogP contribution < -0.4 is 5.32 Å². The lowest BCUT2D eigenvalue weighted by Crippen LogP contribution is -2.28. The number of hydrogen-bond donors (Lipinski definition) is 1. The lowest BCUT2D eigenvalue weighted by Gasteiger charge is -2.19. The summed E-state index contributed by atoms with van der Waals surface area (Å²) in [7, 11) is 0. The van der Waals surface area contributed by atoms with Gasteiger partial charge in [0.2, 0.25) is 0 Å². The standard InChI is InChI=1S/C16H11BrClN3O2/c17-10-6-5-9(13(18)7-10)8-19-16(23)14-11-3-1-2-4-12(11)15(22)21-20-14/h1-7,12H,8H2,(H,19,23). The normalized spacial score (nSPS) is 19.0. The summed E-state index contributed by atoms with van der Waals surface area (Å²) in [6, 6.07) is 5.43. The van der Waals surface area contributed by atoms with Crippen molar-refractivity contribution in [1.29, 1.82) is 0 Å². The van der Waals surface area contributed by atoms with E-state index in [0.29, 0.717) is 10.6 Å². The fourth-order valence-corrected chi connectivity index (χ4v) is 3.04. The van der Waals surface area contributed by atoms with Gasteiger partial charge < -0.3 is 5.32 Å². The van der Waals surface area contributed by atoms with Crippen LogP contribution >= 0.6 is 27.5 Å². The largest absolute Gasteiger partial charge is 0.346 e. The maximum Gasteiger partial charge on any atom is 0.276 e. The minimum Gasteiger partial charge on any atom is -0.346 e. The van der Waals surface area contributed by atoms with Crippen LogP contribution in [0.15, 0.2) is 68.5 Å². The number of rotatable bonds is 3. The number of azo groups is 1. The summed E-state index contributed by atoms with van der Waals surface area (Å²) in [5.74, 6) is -1.29. The van der Waals surface area contributed by atoms with Gasteiger partial charge in [-0.2, -0.15) is 0 Å². The molecule has 0 aromatic heterocycles. The number of nitrogens with zero attached hydrogens (tertiary/aromatic N) is 2. The molecule has 1 aliphatic heterocycles. The highest BCUT2D eigenvalue weighted by atomic mass is 79.9. The van der Waals surface area contributed by atoms with E-state index in [9.17, 15) is 9.59 Å². The molecule has 0 radical (unpaired) electrons. The SMILES string of the molecule is O=C(NCc1ccc(Br)cc1Cl)C1=C2C=CC=CC2C(=O)N=N1. The van der Waals surface area contributed by atoms with Crippen LogP contribution in [0.25, 0.3) is 0 Å². The molecule has 1 N–H and O–H groups in total. The minimum absolute atomic E-state index is 0.156. The van der Waals surface area contributed by atoms with E-state index in [-0.39, 0.29) is 24.1 Å². The summed E-state index contributed by atoms with van der Waals surface area (Å²) >= 11 is 9.46. The van der Waals surface area contributed by atoms with Gasteiger partial charge in [-0.3, -0.25) is 9.59 Å². The second kappa shape index (κ2) is 6.60. The number of hydrogen-bond acceptors (Lipinski definition) is 3. The summed E-state index contributed by atoms with van der Waals surface area (Å²) in [4.78, 5) is 24.1. The average Bonchev–Trinajstić information content (AvgIpc) is 2.54. The van der Waals surface area contributed by atoms with E-state index in [2.05, 4.69) is 31.5 Å². The molecular weight excluding hydrogens is 382 g/mol. The van der Waals surface area contributed by atoms with Crippen molar-refractivity contribution in [2.75, 3.05) is 0 Å². The van der Waals surface area contributed by atoms with Gasteiger partial charge in [-0.1, -0.05) is 57.9 Å². The third kappa shape index (κ3) is 3.33. The lowest BCUT2D eigenvalue weighted by atomic mass is 9.91. The number of amides is 2. The Labute approximate surface area is 145 Å². The van der Waals surface area contributed by atoms with Crippen LogP contribution in [0, 0.1) is 5.92 Å². The van der Waals surface area contributed by atoms with Gasteiger partial charge >= 0.3 is 0 Å². The van der Waals surface area contributed by atoms with Crippen molar-refractivity contribution in [3.05, 3.63) is 68.8 Å². The van der Waals surface area contributed by atoms with Crippen LogP contribution in [-0.2, 0) is 16.1 Å². The molecule has 1 aliphatic carbocycles. The van der Waals surface area contributed by atoms with E-state index in [1.165, 1.54) is 0 Å². The highest BCUT2D eigenvalue weighted by Crippen LogP contribution is 2.28. The van der Waals surface area contributed by atoms with Gasteiger partial charge in [0.25, 0.3) is 11.8 Å². The van der Waals surface area contributed by atoms with Crippen molar-refractivity contribution in [3.8, 4) is 0 Å². The monoisotopic (exact) mass is 391 g/mol. The van der Waals surface area contributed by atoms with Crippen LogP contribution in [0.3, 0.4) is 0 Å². The molecule has 1 unspecified atom stereocenters. The molecule has 5 nitrogen and oxygen atoms in total. The van der Waals surface area contributed by atoms with Crippen molar-refractivity contribution >= 4 is 39.3 Å². The Bertz CT molecular complexity index is 812. The number of benzene rings is 1. The molecule has 1 heterocycles. The molecule has 1 aromatic carbocycles. The molecule has 23 heavy (non-hydrogen) atoms. The maximum atomic E-state index is 12.4. The van der Waals surface area contributed by atoms with Crippen LogP contribution in [0.5, 0.6) is 0 Å². The zero-order chi connectivity index (χ0) is 16.4. The number of carbonyl (C=O) groups excluding carboxylic acids is 2. The molecular formula is C16H11BrClN3O2. The summed E-state index contributed by atoms with van der Waals surface area (Å²) in [6.07, 6.45) is 6.93. The molecule has 116 valence electrons. The molecule has 3 rings (SSSR count). The molecule has 0 spiro atoms. The van der Waals surface area contributed by atoms with Crippen LogP contribution in [0.1, 0.15) is 5.56 Å². The van der Waals surface area contributed by atoms with Crippen LogP contribution in [-0.4, -0.2) is 11.8 Å². The maximum absolute atomic E-state index is 12.4. The van der Waals surface area contributed by atoms with Gasteiger partial charge in [-0.15, -0.1) is 10.2 Å². The minimum atomic E-state index is -0.533. The van der Waals surface area contributed by atoms with E-state index >= 15 is 0 Å². The topological polar surface area (TPSA) is 70.9 Å². The molecule has 2 aliphatic rings. The smallest absolute Gasteiger partial charge is 0.276 e. The first-order valence-corrected chi connectivity index (χ1v) is 8.00. The highest BCUT2D eigenvalue weighted by Gasteiger charge is 2.30. The zero-order valence-corrected chi connectivity index (χ0v) is 14.1. The van der Waals surface area contributed by atoms with Crippen molar-refractivity contribution < 1.29 is 9.59 Å². The number of carbonyl (C=O) groups is 2. The number of fused-ring (bicyclic) bond motifs is 1. The molecule has 0 saturated heterocycles. The van der Waals surface area contributed by atoms with Crippen molar-refractivity contribution in [2.45, 2.75) is 6.54 Å². The first-order chi connectivity index (χ1) is 11.1. The fraction of sp³-hybridized carbons (Fsp3) is 0.125. The Balaban J connectivity index is 1.78. The quantitative estimate of drug-likeness (QED) is 0.852. The Hall–Kier alpha value is -2.05. The van der Waals surface area contributed by atoms with Crippen LogP contribution in [0.4, 0.5) is 0 Å². The van der Waals surface area contributed by atoms with E-state index in [1.807, 2.05) is 12.1 Å². The summed E-state index contributed by atoms with van der Waals surface area (Å²) in [5, 5.41) is 10.6. The zero-order valence-electron chi connectivity index (χ0n) is 11.8. The van der Waals surface area contributed by atoms with E-state index < -0.39 is 5.92 Å². The Kier molecular flexibility index (Phi) is 4.54. The van der Waals surface area contributed by atoms with E-state index in [0.717, 1.165) is 10.0 Å². The van der Waals surface area contributed by atoms with Gasteiger partial charge in [0.05, 0.1) is 5.92 Å². The third-order valence-corrected chi connectivity index (χ3v) is 4.33. The highest BCUT2D eigenvalue weighted by molar-refractivity contribution is 9.10. The predicted molar refractivity (Wildman–Crippen MR) is 89.7 cm³/mol. The van der Waals surface area contributed by atoms with Gasteiger partial charge in [0, 0.05) is 21.6 Å². The second-order valence-corrected chi connectivity index (χ2v) is 6.31. The Morgan fingerprint density at radius 1 is 1.30 bits per heavy atom. The van der Waals surface area contributed by atoms with Crippen molar-refractivity contribution in [2.24, 2.45) is 16.1 Å². The summed E-state index contributed by atoms with van der Waals surface area (Å²) < 4.78 is 0.865. The van der Waals surface area contributed by atoms with E-state index in [4.69, 9.17) is 11.6 Å². The first kappa shape index (κ1) is 15.8. The first-order valence-electron chi connectivity index (χ1n) is 6.83. The third-order valence-electron chi connectivity index (χ3n) is 3.48. The average molecular weight is 393 g/mol. The predicted octanol–water partition coefficient (Wildman–Crippen LogP) is 3.71. The molecule has 2 amide bonds. The van der Waals surface area contributed by atoms with Gasteiger partial charge in [0.15, 0.2) is 5.70 Å². The molecule has 7 heteroatoms. The fourth-order valence-electron chi connectivity index (χ4n) is 2.30. The molecule has 0 fully saturated rings. The lowest BCUT2D eigenvalue weighted by molar-refractivity contribution is -0.120. The molecule has 0 saturated carbocycles. The van der Waals surface area contributed by atoms with Gasteiger partial charge in [0.1, 0.15) is 0 Å². The summed E-state index contributed by atoms with van der Waals surface area (Å²) in [5.41, 5.74) is 1.50. The molecule has 1 aromatic rings.